The van der Waals surface area contributed by atoms with E-state index in [-0.39, 0.29) is 24.1 Å². The lowest BCUT2D eigenvalue weighted by Crippen LogP contribution is -2.44. The molecule has 1 saturated heterocycles. The lowest BCUT2D eigenvalue weighted by molar-refractivity contribution is -0.120. The largest absolute Gasteiger partial charge is 0.326 e. The summed E-state index contributed by atoms with van der Waals surface area (Å²) < 4.78 is 27.2. The Morgan fingerprint density at radius 3 is 2.39 bits per heavy atom. The number of piperidine rings is 1. The topological polar surface area (TPSA) is 66.5 Å². The lowest BCUT2D eigenvalue weighted by Gasteiger charge is -2.31. The molecule has 0 bridgehead atoms. The van der Waals surface area contributed by atoms with Crippen LogP contribution in [0.4, 0.5) is 5.69 Å². The van der Waals surface area contributed by atoms with E-state index in [1.54, 1.807) is 0 Å². The maximum Gasteiger partial charge on any atom is 0.228 e. The van der Waals surface area contributed by atoms with Gasteiger partial charge in [0.05, 0.1) is 11.7 Å². The Labute approximate surface area is 186 Å². The summed E-state index contributed by atoms with van der Waals surface area (Å²) in [6.07, 6.45) is 6.12. The molecule has 1 heterocycles. The fourth-order valence-corrected chi connectivity index (χ4v) is 5.60. The number of rotatable bonds is 10. The van der Waals surface area contributed by atoms with Gasteiger partial charge in [0, 0.05) is 18.8 Å². The molecule has 1 amide bonds. The summed E-state index contributed by atoms with van der Waals surface area (Å²) in [5.41, 5.74) is 3.19. The van der Waals surface area contributed by atoms with Crippen LogP contribution in [-0.4, -0.2) is 37.5 Å². The molecule has 0 saturated carbocycles. The molecular formula is C25H34N2O3S. The van der Waals surface area contributed by atoms with Crippen LogP contribution in [-0.2, 0) is 27.7 Å². The van der Waals surface area contributed by atoms with E-state index in [1.807, 2.05) is 42.5 Å². The van der Waals surface area contributed by atoms with E-state index < -0.39 is 10.0 Å². The molecule has 168 valence electrons. The number of nitrogens with one attached hydrogen (secondary N) is 1. The Morgan fingerprint density at radius 2 is 1.68 bits per heavy atom. The number of carbonyl (C=O) groups excluding carboxylic acids is 1. The maximum atomic E-state index is 12.8. The molecule has 1 aliphatic heterocycles. The first-order chi connectivity index (χ1) is 15.0. The SMILES string of the molecule is CCCCc1ccc(NC(=O)[C@@H]2CCCN(S(=O)(=O)CCCc3ccccc3)C2)cc1. The number of carbonyl (C=O) groups is 1. The summed E-state index contributed by atoms with van der Waals surface area (Å²) in [6.45, 7) is 2.95. The van der Waals surface area contributed by atoms with Gasteiger partial charge in [-0.05, 0) is 61.8 Å². The van der Waals surface area contributed by atoms with Gasteiger partial charge in [-0.25, -0.2) is 12.7 Å². The first kappa shape index (κ1) is 23.5. The van der Waals surface area contributed by atoms with Crippen molar-refractivity contribution < 1.29 is 13.2 Å². The van der Waals surface area contributed by atoms with E-state index in [9.17, 15) is 13.2 Å². The summed E-state index contributed by atoms with van der Waals surface area (Å²) in [5.74, 6) is -0.280. The first-order valence-corrected chi connectivity index (χ1v) is 13.0. The molecule has 5 nitrogen and oxygen atoms in total. The van der Waals surface area contributed by atoms with Gasteiger partial charge in [-0.1, -0.05) is 55.8 Å². The molecule has 3 rings (SSSR count). The molecule has 1 fully saturated rings. The third-order valence-electron chi connectivity index (χ3n) is 5.90. The van der Waals surface area contributed by atoms with Gasteiger partial charge in [0.15, 0.2) is 0 Å². The number of unbranched alkanes of at least 4 members (excludes halogenated alkanes) is 1. The predicted molar refractivity (Wildman–Crippen MR) is 127 cm³/mol. The summed E-state index contributed by atoms with van der Waals surface area (Å²) in [5, 5.41) is 2.97. The van der Waals surface area contributed by atoms with Crippen molar-refractivity contribution in [1.29, 1.82) is 0 Å². The number of sulfonamides is 1. The molecule has 0 aliphatic carbocycles. The Morgan fingerprint density at radius 1 is 1.00 bits per heavy atom. The zero-order valence-electron chi connectivity index (χ0n) is 18.4. The quantitative estimate of drug-likeness (QED) is 0.583. The van der Waals surface area contributed by atoms with Gasteiger partial charge < -0.3 is 5.32 Å². The van der Waals surface area contributed by atoms with Crippen LogP contribution in [0.25, 0.3) is 0 Å². The van der Waals surface area contributed by atoms with Crippen LogP contribution < -0.4 is 5.32 Å². The smallest absolute Gasteiger partial charge is 0.228 e. The lowest BCUT2D eigenvalue weighted by atomic mass is 9.98. The molecular weight excluding hydrogens is 408 g/mol. The number of amides is 1. The van der Waals surface area contributed by atoms with Crippen LogP contribution in [0.5, 0.6) is 0 Å². The second-order valence-corrected chi connectivity index (χ2v) is 10.5. The third kappa shape index (κ3) is 7.18. The number of anilines is 1. The van der Waals surface area contributed by atoms with Gasteiger partial charge in [-0.3, -0.25) is 4.79 Å². The second kappa shape index (κ2) is 11.4. The highest BCUT2D eigenvalue weighted by atomic mass is 32.2. The van der Waals surface area contributed by atoms with Gasteiger partial charge in [0.25, 0.3) is 0 Å². The average molecular weight is 443 g/mol. The first-order valence-electron chi connectivity index (χ1n) is 11.4. The van der Waals surface area contributed by atoms with E-state index in [2.05, 4.69) is 24.4 Å². The highest BCUT2D eigenvalue weighted by Gasteiger charge is 2.32. The van der Waals surface area contributed by atoms with Crippen LogP contribution >= 0.6 is 0 Å². The summed E-state index contributed by atoms with van der Waals surface area (Å²) in [4.78, 5) is 12.8. The van der Waals surface area contributed by atoms with Crippen molar-refractivity contribution in [2.75, 3.05) is 24.2 Å². The van der Waals surface area contributed by atoms with Crippen molar-refractivity contribution in [3.63, 3.8) is 0 Å². The standard InChI is InChI=1S/C25H34N2O3S/c1-2-3-9-22-14-16-24(17-15-22)26-25(28)23-13-7-18-27(20-23)31(29,30)19-8-12-21-10-5-4-6-11-21/h4-6,10-11,14-17,23H,2-3,7-9,12-13,18-20H2,1H3,(H,26,28)/t23-/m1/s1. The van der Waals surface area contributed by atoms with Crippen molar-refractivity contribution in [2.45, 2.75) is 51.9 Å². The average Bonchev–Trinajstić information content (AvgIpc) is 2.79. The second-order valence-electron chi connectivity index (χ2n) is 8.39. The van der Waals surface area contributed by atoms with Gasteiger partial charge in [-0.15, -0.1) is 0 Å². The van der Waals surface area contributed by atoms with Crippen LogP contribution in [0.3, 0.4) is 0 Å². The molecule has 0 radical (unpaired) electrons. The minimum Gasteiger partial charge on any atom is -0.326 e. The number of hydrogen-bond donors (Lipinski definition) is 1. The zero-order valence-corrected chi connectivity index (χ0v) is 19.2. The zero-order chi connectivity index (χ0) is 22.1. The van der Waals surface area contributed by atoms with Crippen molar-refractivity contribution >= 4 is 21.6 Å². The van der Waals surface area contributed by atoms with Crippen LogP contribution in [0.15, 0.2) is 54.6 Å². The Balaban J connectivity index is 1.50. The molecule has 31 heavy (non-hydrogen) atoms. The van der Waals surface area contributed by atoms with Crippen molar-refractivity contribution in [2.24, 2.45) is 5.92 Å². The molecule has 0 spiro atoms. The molecule has 1 aliphatic rings. The van der Waals surface area contributed by atoms with Gasteiger partial charge in [-0.2, -0.15) is 0 Å². The predicted octanol–water partition coefficient (Wildman–Crippen LogP) is 4.64. The van der Waals surface area contributed by atoms with E-state index in [1.165, 1.54) is 9.87 Å². The minimum atomic E-state index is -3.35. The number of aryl methyl sites for hydroxylation is 2. The van der Waals surface area contributed by atoms with Gasteiger partial charge in [0.2, 0.25) is 15.9 Å². The van der Waals surface area contributed by atoms with Crippen molar-refractivity contribution in [3.8, 4) is 0 Å². The Bertz CT molecular complexity index is 927. The maximum absolute atomic E-state index is 12.8. The highest BCUT2D eigenvalue weighted by Crippen LogP contribution is 2.22. The Kier molecular flexibility index (Phi) is 8.67. The molecule has 2 aromatic carbocycles. The summed E-state index contributed by atoms with van der Waals surface area (Å²) in [7, 11) is -3.35. The molecule has 0 aromatic heterocycles. The molecule has 2 aromatic rings. The summed E-state index contributed by atoms with van der Waals surface area (Å²) >= 11 is 0. The number of benzene rings is 2. The highest BCUT2D eigenvalue weighted by molar-refractivity contribution is 7.89. The Hall–Kier alpha value is -2.18. The number of hydrogen-bond acceptors (Lipinski definition) is 3. The van der Waals surface area contributed by atoms with Crippen LogP contribution in [0.1, 0.15) is 50.2 Å². The fourth-order valence-electron chi connectivity index (χ4n) is 4.02. The van der Waals surface area contributed by atoms with E-state index in [4.69, 9.17) is 0 Å². The normalized spacial score (nSPS) is 17.4. The summed E-state index contributed by atoms with van der Waals surface area (Å²) in [6, 6.07) is 17.9. The van der Waals surface area contributed by atoms with E-state index >= 15 is 0 Å². The number of nitrogens with zero attached hydrogens (tertiary/aromatic N) is 1. The molecule has 1 N–H and O–H groups in total. The minimum absolute atomic E-state index is 0.0921. The molecule has 1 atom stereocenters. The van der Waals surface area contributed by atoms with Crippen LogP contribution in [0, 0.1) is 5.92 Å². The molecule has 6 heteroatoms. The van der Waals surface area contributed by atoms with Crippen molar-refractivity contribution in [3.05, 3.63) is 65.7 Å². The fraction of sp³-hybridized carbons (Fsp3) is 0.480. The van der Waals surface area contributed by atoms with Crippen molar-refractivity contribution in [1.82, 2.24) is 4.31 Å². The van der Waals surface area contributed by atoms with Gasteiger partial charge >= 0.3 is 0 Å². The van der Waals surface area contributed by atoms with E-state index in [0.29, 0.717) is 19.4 Å². The van der Waals surface area contributed by atoms with Gasteiger partial charge in [0.1, 0.15) is 0 Å². The molecule has 0 unspecified atom stereocenters. The third-order valence-corrected chi connectivity index (χ3v) is 7.82. The van der Waals surface area contributed by atoms with E-state index in [0.717, 1.165) is 43.4 Å². The monoisotopic (exact) mass is 442 g/mol. The van der Waals surface area contributed by atoms with Crippen LogP contribution in [0.2, 0.25) is 0 Å².